The summed E-state index contributed by atoms with van der Waals surface area (Å²) in [6, 6.07) is 7.12. The van der Waals surface area contributed by atoms with Crippen LogP contribution in [0.25, 0.3) is 11.0 Å². The molecule has 0 aliphatic rings. The van der Waals surface area contributed by atoms with Gasteiger partial charge in [-0.25, -0.2) is 0 Å². The molecule has 3 aromatic rings. The smallest absolute Gasteiger partial charge is 0.292 e. The molecule has 0 radical (unpaired) electrons. The molecule has 1 aromatic carbocycles. The van der Waals surface area contributed by atoms with Gasteiger partial charge in [-0.05, 0) is 13.0 Å². The lowest BCUT2D eigenvalue weighted by Gasteiger charge is -2.11. The van der Waals surface area contributed by atoms with Gasteiger partial charge in [0.2, 0.25) is 0 Å². The summed E-state index contributed by atoms with van der Waals surface area (Å²) in [6.07, 6.45) is 0. The molecular weight excluding hydrogens is 316 g/mol. The molecule has 0 fully saturated rings. The monoisotopic (exact) mass is 332 g/mol. The number of aromatic nitrogens is 1. The van der Waals surface area contributed by atoms with Crippen molar-refractivity contribution in [2.45, 2.75) is 33.1 Å². The maximum absolute atomic E-state index is 12.4. The van der Waals surface area contributed by atoms with E-state index in [1.807, 2.05) is 39.8 Å². The fourth-order valence-corrected chi connectivity index (χ4v) is 2.50. The predicted molar refractivity (Wildman–Crippen MR) is 89.1 cm³/mol. The van der Waals surface area contributed by atoms with Crippen molar-refractivity contribution in [3.63, 3.8) is 0 Å². The lowest BCUT2D eigenvalue weighted by atomic mass is 9.93. The number of hydrogen-bond acceptors (Lipinski definition) is 4. The molecule has 3 rings (SSSR count). The Hall–Kier alpha value is -2.27. The third-order valence-corrected chi connectivity index (χ3v) is 3.91. The number of halogens is 1. The van der Waals surface area contributed by atoms with Gasteiger partial charge in [0.05, 0.1) is 5.02 Å². The van der Waals surface area contributed by atoms with Gasteiger partial charge in [-0.3, -0.25) is 4.79 Å². The summed E-state index contributed by atoms with van der Waals surface area (Å²) < 4.78 is 10.9. The highest BCUT2D eigenvalue weighted by atomic mass is 35.5. The average molecular weight is 333 g/mol. The summed E-state index contributed by atoms with van der Waals surface area (Å²) in [7, 11) is 0. The molecule has 0 bridgehead atoms. The number of para-hydroxylation sites is 1. The number of carbonyl (C=O) groups excluding carboxylic acids is 1. The highest BCUT2D eigenvalue weighted by Gasteiger charge is 2.23. The van der Waals surface area contributed by atoms with E-state index in [4.69, 9.17) is 20.5 Å². The van der Waals surface area contributed by atoms with E-state index in [2.05, 4.69) is 10.5 Å². The third kappa shape index (κ3) is 2.84. The van der Waals surface area contributed by atoms with Gasteiger partial charge in [-0.15, -0.1) is 0 Å². The van der Waals surface area contributed by atoms with Crippen LogP contribution in [0.15, 0.2) is 33.2 Å². The van der Waals surface area contributed by atoms with E-state index in [1.165, 1.54) is 0 Å². The molecule has 0 saturated heterocycles. The SMILES string of the molecule is Cc1c(C(=O)Nc2cc(C(C)(C)C)on2)oc2c(Cl)cccc12. The number of nitrogens with one attached hydrogen (secondary N) is 1. The first-order valence-corrected chi connectivity index (χ1v) is 7.61. The summed E-state index contributed by atoms with van der Waals surface area (Å²) in [5.74, 6) is 0.875. The molecule has 0 spiro atoms. The van der Waals surface area contributed by atoms with Crippen LogP contribution in [-0.4, -0.2) is 11.1 Å². The van der Waals surface area contributed by atoms with E-state index in [0.717, 1.165) is 10.9 Å². The summed E-state index contributed by atoms with van der Waals surface area (Å²) in [6.45, 7) is 7.83. The van der Waals surface area contributed by atoms with Crippen molar-refractivity contribution in [2.75, 3.05) is 5.32 Å². The van der Waals surface area contributed by atoms with Gasteiger partial charge in [0.1, 0.15) is 5.76 Å². The Balaban J connectivity index is 1.91. The number of rotatable bonds is 2. The van der Waals surface area contributed by atoms with Crippen LogP contribution in [0.4, 0.5) is 5.82 Å². The van der Waals surface area contributed by atoms with Crippen molar-refractivity contribution in [1.29, 1.82) is 0 Å². The van der Waals surface area contributed by atoms with Crippen molar-refractivity contribution in [3.8, 4) is 0 Å². The molecule has 0 unspecified atom stereocenters. The second-order valence-electron chi connectivity index (χ2n) is 6.45. The molecule has 2 heterocycles. The number of benzene rings is 1. The third-order valence-electron chi connectivity index (χ3n) is 3.61. The molecule has 2 aromatic heterocycles. The Labute approximate surface area is 138 Å². The highest BCUT2D eigenvalue weighted by Crippen LogP contribution is 2.31. The molecule has 0 saturated carbocycles. The van der Waals surface area contributed by atoms with Crippen LogP contribution in [0.3, 0.4) is 0 Å². The van der Waals surface area contributed by atoms with Crippen molar-refractivity contribution in [1.82, 2.24) is 5.16 Å². The highest BCUT2D eigenvalue weighted by molar-refractivity contribution is 6.35. The molecule has 0 aliphatic carbocycles. The zero-order valence-corrected chi connectivity index (χ0v) is 14.1. The zero-order chi connectivity index (χ0) is 16.8. The first-order chi connectivity index (χ1) is 10.8. The van der Waals surface area contributed by atoms with Gasteiger partial charge in [0, 0.05) is 22.4 Å². The maximum atomic E-state index is 12.4. The van der Waals surface area contributed by atoms with E-state index in [0.29, 0.717) is 22.2 Å². The molecular formula is C17H17ClN2O3. The number of anilines is 1. The summed E-state index contributed by atoms with van der Waals surface area (Å²) in [5.41, 5.74) is 1.06. The molecule has 120 valence electrons. The summed E-state index contributed by atoms with van der Waals surface area (Å²) >= 11 is 6.11. The fourth-order valence-electron chi connectivity index (χ4n) is 2.29. The molecule has 1 amide bonds. The number of fused-ring (bicyclic) bond motifs is 1. The number of carbonyl (C=O) groups is 1. The summed E-state index contributed by atoms with van der Waals surface area (Å²) in [5, 5.41) is 7.86. The van der Waals surface area contributed by atoms with Crippen LogP contribution in [-0.2, 0) is 5.41 Å². The normalized spacial score (nSPS) is 11.9. The number of nitrogens with zero attached hydrogens (tertiary/aromatic N) is 1. The predicted octanol–water partition coefficient (Wildman–Crippen LogP) is 4.93. The van der Waals surface area contributed by atoms with Crippen molar-refractivity contribution in [2.24, 2.45) is 0 Å². The molecule has 0 atom stereocenters. The Morgan fingerprint density at radius 1 is 1.30 bits per heavy atom. The van der Waals surface area contributed by atoms with Crippen LogP contribution < -0.4 is 5.32 Å². The second kappa shape index (κ2) is 5.42. The maximum Gasteiger partial charge on any atom is 0.292 e. The second-order valence-corrected chi connectivity index (χ2v) is 6.86. The van der Waals surface area contributed by atoms with Gasteiger partial charge in [-0.1, -0.05) is 49.7 Å². The average Bonchev–Trinajstić information content (AvgIpc) is 3.05. The van der Waals surface area contributed by atoms with Crippen molar-refractivity contribution >= 4 is 34.3 Å². The standard InChI is InChI=1S/C17H17ClN2O3/c1-9-10-6-5-7-11(18)15(10)22-14(9)16(21)19-13-8-12(23-20-13)17(2,3)4/h5-8H,1-4H3,(H,19,20,21). The van der Waals surface area contributed by atoms with E-state index in [1.54, 1.807) is 12.1 Å². The van der Waals surface area contributed by atoms with Crippen LogP contribution in [0, 0.1) is 6.92 Å². The topological polar surface area (TPSA) is 68.3 Å². The fraction of sp³-hybridized carbons (Fsp3) is 0.294. The van der Waals surface area contributed by atoms with Gasteiger partial charge in [0.15, 0.2) is 17.2 Å². The molecule has 0 aliphatic heterocycles. The quantitative estimate of drug-likeness (QED) is 0.722. The largest absolute Gasteiger partial charge is 0.449 e. The lowest BCUT2D eigenvalue weighted by molar-refractivity contribution is 0.0997. The Bertz CT molecular complexity index is 887. The zero-order valence-electron chi connectivity index (χ0n) is 13.4. The molecule has 5 nitrogen and oxygen atoms in total. The molecule has 1 N–H and O–H groups in total. The van der Waals surface area contributed by atoms with Gasteiger partial charge in [0.25, 0.3) is 5.91 Å². The number of amides is 1. The van der Waals surface area contributed by atoms with Gasteiger partial charge >= 0.3 is 0 Å². The lowest BCUT2D eigenvalue weighted by Crippen LogP contribution is -2.12. The van der Waals surface area contributed by atoms with E-state index in [9.17, 15) is 4.79 Å². The summed E-state index contributed by atoms with van der Waals surface area (Å²) in [4.78, 5) is 12.4. The first-order valence-electron chi connectivity index (χ1n) is 7.23. The van der Waals surface area contributed by atoms with Gasteiger partial charge in [-0.2, -0.15) is 0 Å². The van der Waals surface area contributed by atoms with Crippen LogP contribution in [0.2, 0.25) is 5.02 Å². The minimum atomic E-state index is -0.386. The Morgan fingerprint density at radius 2 is 2.04 bits per heavy atom. The number of furan rings is 1. The van der Waals surface area contributed by atoms with Crippen molar-refractivity contribution < 1.29 is 13.7 Å². The Morgan fingerprint density at radius 3 is 2.65 bits per heavy atom. The number of hydrogen-bond donors (Lipinski definition) is 1. The van der Waals surface area contributed by atoms with Crippen molar-refractivity contribution in [3.05, 3.63) is 46.4 Å². The van der Waals surface area contributed by atoms with Gasteiger partial charge < -0.3 is 14.3 Å². The number of aryl methyl sites for hydroxylation is 1. The van der Waals surface area contributed by atoms with Crippen LogP contribution >= 0.6 is 11.6 Å². The van der Waals surface area contributed by atoms with E-state index >= 15 is 0 Å². The van der Waals surface area contributed by atoms with E-state index in [-0.39, 0.29) is 17.1 Å². The molecule has 6 heteroatoms. The van der Waals surface area contributed by atoms with Crippen LogP contribution in [0.5, 0.6) is 0 Å². The van der Waals surface area contributed by atoms with Crippen LogP contribution in [0.1, 0.15) is 42.6 Å². The minimum Gasteiger partial charge on any atom is -0.449 e. The van der Waals surface area contributed by atoms with E-state index < -0.39 is 0 Å². The molecule has 23 heavy (non-hydrogen) atoms. The minimum absolute atomic E-state index is 0.182. The Kier molecular flexibility index (Phi) is 3.68. The first kappa shape index (κ1) is 15.6.